The van der Waals surface area contributed by atoms with Gasteiger partial charge < -0.3 is 15.3 Å². The van der Waals surface area contributed by atoms with Crippen LogP contribution in [-0.2, 0) is 6.42 Å². The van der Waals surface area contributed by atoms with Gasteiger partial charge in [-0.1, -0.05) is 0 Å². The maximum Gasteiger partial charge on any atom is 0.345 e. The first-order chi connectivity index (χ1) is 13.5. The quantitative estimate of drug-likeness (QED) is 0.684. The Bertz CT molecular complexity index is 1080. The van der Waals surface area contributed by atoms with Crippen molar-refractivity contribution in [3.05, 3.63) is 70.4 Å². The Balaban J connectivity index is 1.80. The monoisotopic (exact) mass is 396 g/mol. The van der Waals surface area contributed by atoms with Gasteiger partial charge in [0.25, 0.3) is 5.91 Å². The Labute approximate surface area is 165 Å². The predicted octanol–water partition coefficient (Wildman–Crippen LogP) is 4.50. The second-order valence-electron chi connectivity index (χ2n) is 6.47. The zero-order valence-electron chi connectivity index (χ0n) is 15.0. The lowest BCUT2D eigenvalue weighted by Gasteiger charge is -2.23. The molecule has 0 fully saturated rings. The van der Waals surface area contributed by atoms with Gasteiger partial charge in [-0.15, -0.1) is 11.3 Å². The van der Waals surface area contributed by atoms with E-state index in [9.17, 15) is 19.1 Å². The maximum atomic E-state index is 14.0. The Morgan fingerprint density at radius 3 is 2.57 bits per heavy atom. The van der Waals surface area contributed by atoms with Gasteiger partial charge >= 0.3 is 5.97 Å². The van der Waals surface area contributed by atoms with E-state index >= 15 is 0 Å². The number of hydrogen-bond acceptors (Lipinski definition) is 4. The number of anilines is 2. The minimum absolute atomic E-state index is 0.219. The number of aromatic carboxylic acids is 1. The smallest absolute Gasteiger partial charge is 0.345 e. The van der Waals surface area contributed by atoms with Gasteiger partial charge in [0.05, 0.1) is 5.69 Å². The van der Waals surface area contributed by atoms with Gasteiger partial charge in [0, 0.05) is 35.3 Å². The van der Waals surface area contributed by atoms with Crippen molar-refractivity contribution >= 4 is 34.6 Å². The van der Waals surface area contributed by atoms with Crippen molar-refractivity contribution in [1.29, 1.82) is 0 Å². The molecule has 1 aliphatic rings. The van der Waals surface area contributed by atoms with Gasteiger partial charge in [0.2, 0.25) is 0 Å². The fourth-order valence-corrected chi connectivity index (χ4v) is 4.45. The second kappa shape index (κ2) is 7.09. The Kier molecular flexibility index (Phi) is 4.60. The summed E-state index contributed by atoms with van der Waals surface area (Å²) in [7, 11) is 1.80. The number of halogens is 1. The number of nitrogens with zero attached hydrogens (tertiary/aromatic N) is 1. The van der Waals surface area contributed by atoms with E-state index in [-0.39, 0.29) is 10.8 Å². The van der Waals surface area contributed by atoms with E-state index < -0.39 is 11.8 Å². The lowest BCUT2D eigenvalue weighted by molar-refractivity contribution is 0.0701. The van der Waals surface area contributed by atoms with E-state index in [0.717, 1.165) is 27.5 Å². The van der Waals surface area contributed by atoms with Gasteiger partial charge in [-0.25, -0.2) is 9.18 Å². The molecule has 5 nitrogen and oxygen atoms in total. The number of hydrogen-bond donors (Lipinski definition) is 2. The molecule has 0 aliphatic carbocycles. The molecular formula is C21H17FN2O3S. The van der Waals surface area contributed by atoms with E-state index in [0.29, 0.717) is 29.8 Å². The lowest BCUT2D eigenvalue weighted by atomic mass is 10.1. The molecule has 0 spiro atoms. The van der Waals surface area contributed by atoms with Crippen LogP contribution < -0.4 is 10.2 Å². The van der Waals surface area contributed by atoms with Crippen LogP contribution in [0.1, 0.15) is 25.6 Å². The molecule has 0 atom stereocenters. The molecule has 1 amide bonds. The van der Waals surface area contributed by atoms with E-state index in [1.807, 2.05) is 12.1 Å². The molecular weight excluding hydrogens is 379 g/mol. The number of nitrogens with one attached hydrogen (secondary N) is 1. The second-order valence-corrected chi connectivity index (χ2v) is 7.52. The zero-order valence-corrected chi connectivity index (χ0v) is 15.8. The number of benzene rings is 2. The van der Waals surface area contributed by atoms with Crippen LogP contribution in [0.25, 0.3) is 10.4 Å². The van der Waals surface area contributed by atoms with Gasteiger partial charge in [-0.3, -0.25) is 4.79 Å². The summed E-state index contributed by atoms with van der Waals surface area (Å²) in [6.07, 6.45) is 0.496. The summed E-state index contributed by atoms with van der Waals surface area (Å²) < 4.78 is 14.0. The number of rotatable bonds is 3. The largest absolute Gasteiger partial charge is 0.477 e. The van der Waals surface area contributed by atoms with Crippen molar-refractivity contribution in [1.82, 2.24) is 0 Å². The fourth-order valence-electron chi connectivity index (χ4n) is 3.37. The van der Waals surface area contributed by atoms with Gasteiger partial charge in [0.15, 0.2) is 0 Å². The zero-order chi connectivity index (χ0) is 19.8. The molecule has 1 aromatic heterocycles. The first kappa shape index (κ1) is 18.2. The molecule has 1 aliphatic heterocycles. The highest BCUT2D eigenvalue weighted by atomic mass is 32.1. The predicted molar refractivity (Wildman–Crippen MR) is 108 cm³/mol. The molecule has 0 radical (unpaired) electrons. The molecule has 0 saturated heterocycles. The topological polar surface area (TPSA) is 69.6 Å². The summed E-state index contributed by atoms with van der Waals surface area (Å²) >= 11 is 1.15. The first-order valence-electron chi connectivity index (χ1n) is 8.73. The molecule has 142 valence electrons. The van der Waals surface area contributed by atoms with E-state index in [1.165, 1.54) is 12.1 Å². The van der Waals surface area contributed by atoms with Crippen molar-refractivity contribution in [3.63, 3.8) is 0 Å². The summed E-state index contributed by atoms with van der Waals surface area (Å²) in [4.78, 5) is 27.1. The molecule has 28 heavy (non-hydrogen) atoms. The lowest BCUT2D eigenvalue weighted by Crippen LogP contribution is -2.32. The maximum absolute atomic E-state index is 14.0. The van der Waals surface area contributed by atoms with Crippen molar-refractivity contribution in [2.45, 2.75) is 6.42 Å². The highest BCUT2D eigenvalue weighted by Crippen LogP contribution is 2.42. The Morgan fingerprint density at radius 1 is 1.14 bits per heavy atom. The van der Waals surface area contributed by atoms with Crippen molar-refractivity contribution in [3.8, 4) is 10.4 Å². The Morgan fingerprint density at radius 2 is 1.89 bits per heavy atom. The van der Waals surface area contributed by atoms with Crippen LogP contribution in [0.4, 0.5) is 15.8 Å². The number of carboxylic acid groups (broad SMARTS) is 1. The third-order valence-electron chi connectivity index (χ3n) is 4.79. The van der Waals surface area contributed by atoms with Crippen LogP contribution >= 0.6 is 11.3 Å². The SMILES string of the molecule is CNc1ccc(C(=O)N2CCc3cc(C(=O)O)sc3-c3ccc(F)cc32)cc1. The highest BCUT2D eigenvalue weighted by Gasteiger charge is 2.28. The first-order valence-corrected chi connectivity index (χ1v) is 9.55. The summed E-state index contributed by atoms with van der Waals surface area (Å²) in [6, 6.07) is 13.0. The number of carbonyl (C=O) groups excluding carboxylic acids is 1. The van der Waals surface area contributed by atoms with Crippen LogP contribution in [0, 0.1) is 5.82 Å². The number of carbonyl (C=O) groups is 2. The summed E-state index contributed by atoms with van der Waals surface area (Å²) in [5.74, 6) is -1.65. The summed E-state index contributed by atoms with van der Waals surface area (Å²) in [5, 5.41) is 12.3. The van der Waals surface area contributed by atoms with Crippen LogP contribution in [0.15, 0.2) is 48.5 Å². The average molecular weight is 396 g/mol. The molecule has 3 aromatic rings. The van der Waals surface area contributed by atoms with Crippen molar-refractivity contribution < 1.29 is 19.1 Å². The van der Waals surface area contributed by atoms with Crippen molar-refractivity contribution in [2.24, 2.45) is 0 Å². The van der Waals surface area contributed by atoms with Crippen LogP contribution in [0.3, 0.4) is 0 Å². The van der Waals surface area contributed by atoms with Crippen LogP contribution in [0.2, 0.25) is 0 Å². The molecule has 0 saturated carbocycles. The van der Waals surface area contributed by atoms with E-state index in [2.05, 4.69) is 5.32 Å². The number of carboxylic acids is 1. The average Bonchev–Trinajstić information content (AvgIpc) is 3.06. The van der Waals surface area contributed by atoms with Crippen molar-refractivity contribution in [2.75, 3.05) is 23.8 Å². The van der Waals surface area contributed by atoms with E-state index in [1.54, 1.807) is 36.2 Å². The highest BCUT2D eigenvalue weighted by molar-refractivity contribution is 7.17. The molecule has 2 heterocycles. The molecule has 2 aromatic carbocycles. The molecule has 4 rings (SSSR count). The van der Waals surface area contributed by atoms with Gasteiger partial charge in [-0.05, 0) is 60.5 Å². The Hall–Kier alpha value is -3.19. The van der Waals surface area contributed by atoms with E-state index in [4.69, 9.17) is 0 Å². The van der Waals surface area contributed by atoms with Gasteiger partial charge in [0.1, 0.15) is 10.7 Å². The third-order valence-corrected chi connectivity index (χ3v) is 5.98. The molecule has 2 N–H and O–H groups in total. The number of thiophene rings is 1. The minimum Gasteiger partial charge on any atom is -0.477 e. The van der Waals surface area contributed by atoms with Crippen LogP contribution in [0.5, 0.6) is 0 Å². The standard InChI is InChI=1S/C21H17FN2O3S/c1-23-15-5-2-12(3-6-15)20(25)24-9-8-13-10-18(21(26)27)28-19(13)16-7-4-14(22)11-17(16)24/h2-7,10-11,23H,8-9H2,1H3,(H,26,27). The number of amides is 1. The number of fused-ring (bicyclic) bond motifs is 3. The van der Waals surface area contributed by atoms with Gasteiger partial charge in [-0.2, -0.15) is 0 Å². The molecule has 7 heteroatoms. The molecule has 0 unspecified atom stereocenters. The third kappa shape index (κ3) is 3.14. The van der Waals surface area contributed by atoms with Crippen LogP contribution in [-0.4, -0.2) is 30.6 Å². The molecule has 0 bridgehead atoms. The summed E-state index contributed by atoms with van der Waals surface area (Å²) in [6.45, 7) is 0.339. The fraction of sp³-hybridized carbons (Fsp3) is 0.143. The minimum atomic E-state index is -0.987. The normalized spacial score (nSPS) is 12.7. The summed E-state index contributed by atoms with van der Waals surface area (Å²) in [5.41, 5.74) is 3.39.